The van der Waals surface area contributed by atoms with Crippen molar-refractivity contribution in [3.05, 3.63) is 28.5 Å². The van der Waals surface area contributed by atoms with E-state index in [0.29, 0.717) is 4.47 Å². The lowest BCUT2D eigenvalue weighted by molar-refractivity contribution is 0.563. The first kappa shape index (κ1) is 8.83. The summed E-state index contributed by atoms with van der Waals surface area (Å²) in [4.78, 5) is 0.173. The Morgan fingerprint density at radius 2 is 2.18 bits per heavy atom. The van der Waals surface area contributed by atoms with Crippen LogP contribution >= 0.6 is 15.9 Å². The van der Waals surface area contributed by atoms with Crippen LogP contribution in [0.5, 0.6) is 0 Å². The van der Waals surface area contributed by atoms with Gasteiger partial charge in [0, 0.05) is 4.47 Å². The average molecular weight is 239 g/mol. The van der Waals surface area contributed by atoms with Gasteiger partial charge < -0.3 is 4.55 Å². The largest absolute Gasteiger partial charge is 0.302 e. The zero-order valence-electron chi connectivity index (χ0n) is 5.25. The normalized spacial score (nSPS) is 13.0. The molecular weight excluding hydrogens is 235 g/mol. The maximum absolute atomic E-state index is 12.4. The number of hydrogen-bond donors (Lipinski definition) is 1. The van der Waals surface area contributed by atoms with Crippen molar-refractivity contribution in [2.75, 3.05) is 0 Å². The SMILES string of the molecule is O=S(O)c1ccc(F)cc1Br. The molecule has 1 unspecified atom stereocenters. The lowest BCUT2D eigenvalue weighted by Crippen LogP contribution is -1.89. The molecule has 60 valence electrons. The van der Waals surface area contributed by atoms with Crippen molar-refractivity contribution in [2.24, 2.45) is 0 Å². The summed E-state index contributed by atoms with van der Waals surface area (Å²) in [5.74, 6) is -0.439. The summed E-state index contributed by atoms with van der Waals surface area (Å²) < 4.78 is 31.8. The molecule has 1 atom stereocenters. The number of rotatable bonds is 1. The topological polar surface area (TPSA) is 37.3 Å². The lowest BCUT2D eigenvalue weighted by Gasteiger charge is -1.97. The van der Waals surface area contributed by atoms with E-state index >= 15 is 0 Å². The van der Waals surface area contributed by atoms with Gasteiger partial charge >= 0.3 is 0 Å². The Morgan fingerprint density at radius 3 is 2.64 bits per heavy atom. The molecule has 1 aromatic rings. The smallest absolute Gasteiger partial charge is 0.187 e. The molecule has 1 aromatic carbocycles. The van der Waals surface area contributed by atoms with Gasteiger partial charge in [0.25, 0.3) is 0 Å². The summed E-state index contributed by atoms with van der Waals surface area (Å²) >= 11 is 0.892. The first-order valence-corrected chi connectivity index (χ1v) is 4.57. The summed E-state index contributed by atoms with van der Waals surface area (Å²) in [6.45, 7) is 0. The van der Waals surface area contributed by atoms with Gasteiger partial charge in [-0.15, -0.1) is 0 Å². The van der Waals surface area contributed by atoms with Crippen molar-refractivity contribution >= 4 is 27.0 Å². The predicted octanol–water partition coefficient (Wildman–Crippen LogP) is 2.17. The minimum atomic E-state index is -2.06. The van der Waals surface area contributed by atoms with Crippen LogP contribution in [-0.4, -0.2) is 8.76 Å². The monoisotopic (exact) mass is 238 g/mol. The van der Waals surface area contributed by atoms with E-state index in [1.54, 1.807) is 0 Å². The van der Waals surface area contributed by atoms with Crippen molar-refractivity contribution < 1.29 is 13.2 Å². The molecule has 0 saturated heterocycles. The van der Waals surface area contributed by atoms with Crippen LogP contribution in [-0.2, 0) is 11.1 Å². The van der Waals surface area contributed by atoms with Crippen molar-refractivity contribution in [1.82, 2.24) is 0 Å². The molecule has 0 saturated carbocycles. The molecule has 0 heterocycles. The Bertz CT molecular complexity index is 303. The summed E-state index contributed by atoms with van der Waals surface area (Å²) in [5, 5.41) is 0. The molecule has 0 bridgehead atoms. The highest BCUT2D eigenvalue weighted by molar-refractivity contribution is 9.10. The van der Waals surface area contributed by atoms with E-state index in [1.165, 1.54) is 6.07 Å². The van der Waals surface area contributed by atoms with Gasteiger partial charge in [-0.3, -0.25) is 0 Å². The molecule has 0 aliphatic rings. The standard InChI is InChI=1S/C6H4BrFO2S/c7-5-3-4(8)1-2-6(5)11(9)10/h1-3H,(H,9,10). The number of hydrogen-bond acceptors (Lipinski definition) is 1. The summed E-state index contributed by atoms with van der Waals surface area (Å²) in [6.07, 6.45) is 0. The third-order valence-corrected chi connectivity index (χ3v) is 2.73. The minimum absolute atomic E-state index is 0.173. The van der Waals surface area contributed by atoms with Crippen molar-refractivity contribution in [2.45, 2.75) is 4.90 Å². The Balaban J connectivity index is 3.20. The zero-order valence-corrected chi connectivity index (χ0v) is 7.65. The molecular formula is C6H4BrFO2S. The molecule has 0 amide bonds. The molecule has 0 fully saturated rings. The van der Waals surface area contributed by atoms with Crippen LogP contribution in [0.2, 0.25) is 0 Å². The average Bonchev–Trinajstić information content (AvgIpc) is 1.85. The molecule has 2 nitrogen and oxygen atoms in total. The highest BCUT2D eigenvalue weighted by Crippen LogP contribution is 2.20. The molecule has 0 aromatic heterocycles. The van der Waals surface area contributed by atoms with Crippen LogP contribution in [0.1, 0.15) is 0 Å². The third kappa shape index (κ3) is 2.08. The summed E-state index contributed by atoms with van der Waals surface area (Å²) in [5.41, 5.74) is 0. The Labute approximate surface area is 73.8 Å². The van der Waals surface area contributed by atoms with Gasteiger partial charge in [-0.1, -0.05) is 0 Å². The maximum atomic E-state index is 12.4. The van der Waals surface area contributed by atoms with Gasteiger partial charge in [-0.05, 0) is 34.1 Å². The first-order chi connectivity index (χ1) is 5.11. The van der Waals surface area contributed by atoms with Crippen LogP contribution in [0.25, 0.3) is 0 Å². The van der Waals surface area contributed by atoms with E-state index in [0.717, 1.165) is 12.1 Å². The second-order valence-corrected chi connectivity index (χ2v) is 3.62. The zero-order chi connectivity index (χ0) is 8.43. The van der Waals surface area contributed by atoms with Gasteiger partial charge in [0.15, 0.2) is 11.1 Å². The van der Waals surface area contributed by atoms with E-state index in [1.807, 2.05) is 0 Å². The van der Waals surface area contributed by atoms with Crippen LogP contribution in [0.3, 0.4) is 0 Å². The van der Waals surface area contributed by atoms with Gasteiger partial charge in [0.05, 0.1) is 4.90 Å². The molecule has 0 aliphatic carbocycles. The molecule has 0 aliphatic heterocycles. The van der Waals surface area contributed by atoms with Gasteiger partial charge in [0.2, 0.25) is 0 Å². The van der Waals surface area contributed by atoms with Gasteiger partial charge in [-0.2, -0.15) is 0 Å². The molecule has 11 heavy (non-hydrogen) atoms. The van der Waals surface area contributed by atoms with Gasteiger partial charge in [-0.25, -0.2) is 8.60 Å². The quantitative estimate of drug-likeness (QED) is 0.762. The fraction of sp³-hybridized carbons (Fsp3) is 0. The van der Waals surface area contributed by atoms with E-state index in [9.17, 15) is 8.60 Å². The van der Waals surface area contributed by atoms with Crippen molar-refractivity contribution in [3.8, 4) is 0 Å². The van der Waals surface area contributed by atoms with Crippen LogP contribution in [0.4, 0.5) is 4.39 Å². The highest BCUT2D eigenvalue weighted by atomic mass is 79.9. The molecule has 0 spiro atoms. The van der Waals surface area contributed by atoms with E-state index < -0.39 is 16.9 Å². The molecule has 0 radical (unpaired) electrons. The lowest BCUT2D eigenvalue weighted by atomic mass is 10.3. The second kappa shape index (κ2) is 3.42. The second-order valence-electron chi connectivity index (χ2n) is 1.82. The van der Waals surface area contributed by atoms with Crippen LogP contribution in [0, 0.1) is 5.82 Å². The molecule has 1 N–H and O–H groups in total. The first-order valence-electron chi connectivity index (χ1n) is 2.67. The Hall–Kier alpha value is -0.260. The maximum Gasteiger partial charge on any atom is 0.187 e. The number of halogens is 2. The predicted molar refractivity (Wildman–Crippen MR) is 43.1 cm³/mol. The fourth-order valence-corrected chi connectivity index (χ4v) is 1.79. The Morgan fingerprint density at radius 1 is 1.55 bits per heavy atom. The fourth-order valence-electron chi connectivity index (χ4n) is 0.617. The summed E-state index contributed by atoms with van der Waals surface area (Å²) in [6, 6.07) is 3.53. The highest BCUT2D eigenvalue weighted by Gasteiger charge is 2.05. The number of benzene rings is 1. The van der Waals surface area contributed by atoms with Crippen molar-refractivity contribution in [3.63, 3.8) is 0 Å². The van der Waals surface area contributed by atoms with Crippen LogP contribution in [0.15, 0.2) is 27.6 Å². The van der Waals surface area contributed by atoms with Gasteiger partial charge in [0.1, 0.15) is 5.82 Å². The van der Waals surface area contributed by atoms with Crippen molar-refractivity contribution in [1.29, 1.82) is 0 Å². The summed E-state index contributed by atoms with van der Waals surface area (Å²) in [7, 11) is 0. The van der Waals surface area contributed by atoms with E-state index in [-0.39, 0.29) is 4.90 Å². The van der Waals surface area contributed by atoms with Crippen LogP contribution < -0.4 is 0 Å². The Kier molecular flexibility index (Phi) is 2.75. The third-order valence-electron chi connectivity index (χ3n) is 1.08. The molecule has 1 rings (SSSR count). The van der Waals surface area contributed by atoms with E-state index in [4.69, 9.17) is 4.55 Å². The van der Waals surface area contributed by atoms with E-state index in [2.05, 4.69) is 15.9 Å². The molecule has 5 heteroatoms. The minimum Gasteiger partial charge on any atom is -0.302 e.